The second-order valence-electron chi connectivity index (χ2n) is 4.31. The molecule has 0 saturated heterocycles. The van der Waals surface area contributed by atoms with Gasteiger partial charge < -0.3 is 10.4 Å². The summed E-state index contributed by atoms with van der Waals surface area (Å²) in [6.45, 7) is 0. The van der Waals surface area contributed by atoms with Gasteiger partial charge in [-0.05, 0) is 46.8 Å². The number of hydrogen-bond acceptors (Lipinski definition) is 5. The fourth-order valence-electron chi connectivity index (χ4n) is 1.82. The molecule has 0 saturated carbocycles. The summed E-state index contributed by atoms with van der Waals surface area (Å²) in [6.07, 6.45) is 3.53. The number of para-hydroxylation sites is 1. The number of aromatic hydroxyl groups is 1. The number of phenols is 1. The van der Waals surface area contributed by atoms with Gasteiger partial charge in [0, 0.05) is 18.0 Å². The molecule has 1 heterocycles. The average Bonchev–Trinajstić information content (AvgIpc) is 2.99. The molecule has 0 aliphatic rings. The van der Waals surface area contributed by atoms with Crippen LogP contribution in [0.1, 0.15) is 5.82 Å². The Bertz CT molecular complexity index is 734. The Morgan fingerprint density at radius 3 is 2.52 bits per heavy atom. The van der Waals surface area contributed by atoms with E-state index in [-0.39, 0.29) is 5.75 Å². The number of hydrogen-bond donors (Lipinski definition) is 2. The third kappa shape index (κ3) is 3.06. The number of phenolic OH excluding ortho intramolecular Hbond substituents is 1. The van der Waals surface area contributed by atoms with Crippen LogP contribution in [0, 0.1) is 0 Å². The van der Waals surface area contributed by atoms with Crippen molar-refractivity contribution in [2.24, 2.45) is 0 Å². The first-order chi connectivity index (χ1) is 10.3. The lowest BCUT2D eigenvalue weighted by molar-refractivity contribution is 0.475. The standard InChI is InChI=1S/C15H13N5O/c21-14-8-6-12(7-9-14)16-11-10-15-17-18-19-20(15)13-4-2-1-3-5-13/h1-11,16,21H. The quantitative estimate of drug-likeness (QED) is 0.717. The molecule has 2 N–H and O–H groups in total. The van der Waals surface area contributed by atoms with Gasteiger partial charge in [0.2, 0.25) is 0 Å². The summed E-state index contributed by atoms with van der Waals surface area (Å²) >= 11 is 0. The fourth-order valence-corrected chi connectivity index (χ4v) is 1.82. The largest absolute Gasteiger partial charge is 0.508 e. The van der Waals surface area contributed by atoms with Crippen molar-refractivity contribution in [2.75, 3.05) is 5.32 Å². The van der Waals surface area contributed by atoms with Gasteiger partial charge in [-0.2, -0.15) is 4.68 Å². The van der Waals surface area contributed by atoms with Crippen LogP contribution in [0.2, 0.25) is 0 Å². The normalized spacial score (nSPS) is 10.9. The molecule has 0 radical (unpaired) electrons. The van der Waals surface area contributed by atoms with Gasteiger partial charge in [0.1, 0.15) is 5.75 Å². The molecular weight excluding hydrogens is 266 g/mol. The summed E-state index contributed by atoms with van der Waals surface area (Å²) in [6, 6.07) is 16.4. The zero-order chi connectivity index (χ0) is 14.5. The molecule has 2 aromatic carbocycles. The molecule has 6 heteroatoms. The Labute approximate surface area is 121 Å². The highest BCUT2D eigenvalue weighted by molar-refractivity contribution is 5.53. The molecule has 3 rings (SSSR count). The first kappa shape index (κ1) is 12.9. The summed E-state index contributed by atoms with van der Waals surface area (Å²) in [7, 11) is 0. The molecule has 0 spiro atoms. The topological polar surface area (TPSA) is 75.9 Å². The van der Waals surface area contributed by atoms with Gasteiger partial charge in [0.15, 0.2) is 5.82 Å². The van der Waals surface area contributed by atoms with E-state index in [1.807, 2.05) is 30.3 Å². The lowest BCUT2D eigenvalue weighted by Gasteiger charge is -2.02. The van der Waals surface area contributed by atoms with E-state index in [2.05, 4.69) is 20.8 Å². The Kier molecular flexibility index (Phi) is 3.60. The molecule has 104 valence electrons. The predicted molar refractivity (Wildman–Crippen MR) is 79.9 cm³/mol. The zero-order valence-electron chi connectivity index (χ0n) is 11.1. The third-order valence-corrected chi connectivity index (χ3v) is 2.84. The first-order valence-electron chi connectivity index (χ1n) is 6.39. The molecular formula is C15H13N5O. The summed E-state index contributed by atoms with van der Waals surface area (Å²) in [5.74, 6) is 0.852. The Hall–Kier alpha value is -3.15. The maximum atomic E-state index is 9.22. The number of aromatic nitrogens is 4. The second-order valence-corrected chi connectivity index (χ2v) is 4.31. The van der Waals surface area contributed by atoms with E-state index in [9.17, 15) is 5.11 Å². The molecule has 0 bridgehead atoms. The molecule has 0 atom stereocenters. The van der Waals surface area contributed by atoms with Gasteiger partial charge in [-0.3, -0.25) is 0 Å². The number of tetrazole rings is 1. The summed E-state index contributed by atoms with van der Waals surface area (Å²) in [5, 5.41) is 23.9. The number of benzene rings is 2. The van der Waals surface area contributed by atoms with Crippen LogP contribution in [0.15, 0.2) is 60.8 Å². The molecule has 3 aromatic rings. The predicted octanol–water partition coefficient (Wildman–Crippen LogP) is 2.45. The van der Waals surface area contributed by atoms with Gasteiger partial charge in [-0.25, -0.2) is 0 Å². The number of nitrogens with zero attached hydrogens (tertiary/aromatic N) is 4. The van der Waals surface area contributed by atoms with E-state index in [0.29, 0.717) is 5.82 Å². The minimum atomic E-state index is 0.234. The summed E-state index contributed by atoms with van der Waals surface area (Å²) < 4.78 is 1.65. The van der Waals surface area contributed by atoms with Crippen molar-refractivity contribution in [3.8, 4) is 11.4 Å². The minimum absolute atomic E-state index is 0.234. The van der Waals surface area contributed by atoms with E-state index in [1.165, 1.54) is 0 Å². The molecule has 0 unspecified atom stereocenters. The minimum Gasteiger partial charge on any atom is -0.508 e. The van der Waals surface area contributed by atoms with Crippen LogP contribution in [-0.2, 0) is 0 Å². The van der Waals surface area contributed by atoms with Gasteiger partial charge in [0.05, 0.1) is 5.69 Å². The first-order valence-corrected chi connectivity index (χ1v) is 6.39. The Balaban J connectivity index is 1.75. The third-order valence-electron chi connectivity index (χ3n) is 2.84. The smallest absolute Gasteiger partial charge is 0.181 e. The molecule has 1 aromatic heterocycles. The fraction of sp³-hybridized carbons (Fsp3) is 0. The van der Waals surface area contributed by atoms with E-state index in [4.69, 9.17) is 0 Å². The lowest BCUT2D eigenvalue weighted by atomic mass is 10.3. The highest BCUT2D eigenvalue weighted by Crippen LogP contribution is 2.14. The maximum Gasteiger partial charge on any atom is 0.181 e. The number of anilines is 1. The van der Waals surface area contributed by atoms with Crippen molar-refractivity contribution in [3.05, 3.63) is 66.6 Å². The average molecular weight is 279 g/mol. The summed E-state index contributed by atoms with van der Waals surface area (Å²) in [4.78, 5) is 0. The van der Waals surface area contributed by atoms with Crippen molar-refractivity contribution in [2.45, 2.75) is 0 Å². The molecule has 6 nitrogen and oxygen atoms in total. The van der Waals surface area contributed by atoms with Gasteiger partial charge in [-0.1, -0.05) is 18.2 Å². The molecule has 21 heavy (non-hydrogen) atoms. The van der Waals surface area contributed by atoms with Crippen molar-refractivity contribution in [3.63, 3.8) is 0 Å². The van der Waals surface area contributed by atoms with E-state index >= 15 is 0 Å². The SMILES string of the molecule is Oc1ccc(NC=Cc2nnnn2-c2ccccc2)cc1. The van der Waals surface area contributed by atoms with Crippen LogP contribution in [0.4, 0.5) is 5.69 Å². The van der Waals surface area contributed by atoms with Gasteiger partial charge in [0.25, 0.3) is 0 Å². The maximum absolute atomic E-state index is 9.22. The number of rotatable bonds is 4. The molecule has 0 aliphatic heterocycles. The highest BCUT2D eigenvalue weighted by Gasteiger charge is 2.03. The van der Waals surface area contributed by atoms with Crippen LogP contribution in [0.25, 0.3) is 11.8 Å². The van der Waals surface area contributed by atoms with E-state index in [1.54, 1.807) is 41.2 Å². The summed E-state index contributed by atoms with van der Waals surface area (Å²) in [5.41, 5.74) is 1.76. The van der Waals surface area contributed by atoms with E-state index in [0.717, 1.165) is 11.4 Å². The van der Waals surface area contributed by atoms with Crippen LogP contribution in [0.3, 0.4) is 0 Å². The lowest BCUT2D eigenvalue weighted by Crippen LogP contribution is -1.99. The van der Waals surface area contributed by atoms with E-state index < -0.39 is 0 Å². The second kappa shape index (κ2) is 5.87. The molecule has 0 aliphatic carbocycles. The number of nitrogens with one attached hydrogen (secondary N) is 1. The Morgan fingerprint density at radius 1 is 1.00 bits per heavy atom. The van der Waals surface area contributed by atoms with Crippen LogP contribution in [0.5, 0.6) is 5.75 Å². The van der Waals surface area contributed by atoms with Crippen molar-refractivity contribution in [1.82, 2.24) is 20.2 Å². The molecule has 0 fully saturated rings. The zero-order valence-corrected chi connectivity index (χ0v) is 11.1. The van der Waals surface area contributed by atoms with Gasteiger partial charge >= 0.3 is 0 Å². The van der Waals surface area contributed by atoms with Crippen LogP contribution >= 0.6 is 0 Å². The van der Waals surface area contributed by atoms with Crippen LogP contribution < -0.4 is 5.32 Å². The van der Waals surface area contributed by atoms with Crippen molar-refractivity contribution in [1.29, 1.82) is 0 Å². The molecule has 0 amide bonds. The monoisotopic (exact) mass is 279 g/mol. The Morgan fingerprint density at radius 2 is 1.76 bits per heavy atom. The highest BCUT2D eigenvalue weighted by atomic mass is 16.3. The van der Waals surface area contributed by atoms with Crippen molar-refractivity contribution >= 4 is 11.8 Å². The van der Waals surface area contributed by atoms with Crippen molar-refractivity contribution < 1.29 is 5.11 Å². The van der Waals surface area contributed by atoms with Crippen LogP contribution in [-0.4, -0.2) is 25.3 Å². The van der Waals surface area contributed by atoms with Gasteiger partial charge in [-0.15, -0.1) is 5.10 Å².